The zero-order chi connectivity index (χ0) is 15.5. The summed E-state index contributed by atoms with van der Waals surface area (Å²) in [6.07, 6.45) is 1.51. The third kappa shape index (κ3) is 3.28. The van der Waals surface area contributed by atoms with Crippen LogP contribution >= 0.6 is 11.3 Å². The Kier molecular flexibility index (Phi) is 4.39. The van der Waals surface area contributed by atoms with Crippen molar-refractivity contribution >= 4 is 23.0 Å². The molecule has 0 N–H and O–H groups in total. The lowest BCUT2D eigenvalue weighted by Gasteiger charge is -2.28. The molecule has 3 nitrogen and oxygen atoms in total. The number of Topliss-reactive ketones (excluding diaryl/α,β-unsaturated/α-hetero) is 1. The van der Waals surface area contributed by atoms with E-state index in [-0.39, 0.29) is 11.7 Å². The predicted molar refractivity (Wildman–Crippen MR) is 88.2 cm³/mol. The number of nitrogens with zero attached hydrogens (tertiary/aromatic N) is 1. The zero-order valence-corrected chi connectivity index (χ0v) is 13.5. The molecule has 2 aromatic rings. The van der Waals surface area contributed by atoms with Crippen molar-refractivity contribution in [3.8, 4) is 0 Å². The van der Waals surface area contributed by atoms with Crippen molar-refractivity contribution in [2.45, 2.75) is 32.7 Å². The van der Waals surface area contributed by atoms with Gasteiger partial charge in [0.15, 0.2) is 5.78 Å². The second kappa shape index (κ2) is 6.44. The molecule has 2 heterocycles. The van der Waals surface area contributed by atoms with Crippen LogP contribution in [0, 0.1) is 6.92 Å². The summed E-state index contributed by atoms with van der Waals surface area (Å²) in [6.45, 7) is 3.40. The molecular weight excluding hydrogens is 294 g/mol. The lowest BCUT2D eigenvalue weighted by molar-refractivity contribution is -0.132. The number of thiophene rings is 1. The maximum absolute atomic E-state index is 12.3. The molecule has 1 amide bonds. The van der Waals surface area contributed by atoms with Crippen LogP contribution in [-0.2, 0) is 17.8 Å². The number of fused-ring (bicyclic) bond motifs is 1. The first-order chi connectivity index (χ1) is 10.6. The number of carbonyl (C=O) groups excluding carboxylic acids is 2. The maximum Gasteiger partial charge on any atom is 0.223 e. The Morgan fingerprint density at radius 3 is 2.59 bits per heavy atom. The summed E-state index contributed by atoms with van der Waals surface area (Å²) >= 11 is 1.50. The number of hydrogen-bond donors (Lipinski definition) is 0. The highest BCUT2D eigenvalue weighted by Gasteiger charge is 2.21. The van der Waals surface area contributed by atoms with Gasteiger partial charge in [-0.25, -0.2) is 0 Å². The SMILES string of the molecule is Cc1ccc(C(=O)CCC(=O)N2CCc3ccccc3C2)s1. The summed E-state index contributed by atoms with van der Waals surface area (Å²) in [4.78, 5) is 28.2. The summed E-state index contributed by atoms with van der Waals surface area (Å²) in [5.41, 5.74) is 2.55. The lowest BCUT2D eigenvalue weighted by atomic mass is 9.99. The van der Waals surface area contributed by atoms with Gasteiger partial charge in [-0.2, -0.15) is 0 Å². The fraction of sp³-hybridized carbons (Fsp3) is 0.333. The van der Waals surface area contributed by atoms with E-state index in [4.69, 9.17) is 0 Å². The van der Waals surface area contributed by atoms with E-state index in [1.165, 1.54) is 22.5 Å². The predicted octanol–water partition coefficient (Wildman–Crippen LogP) is 3.60. The molecule has 1 aliphatic rings. The van der Waals surface area contributed by atoms with Crippen molar-refractivity contribution in [3.63, 3.8) is 0 Å². The molecular formula is C18H19NO2S. The summed E-state index contributed by atoms with van der Waals surface area (Å²) < 4.78 is 0. The molecule has 1 aromatic heterocycles. The van der Waals surface area contributed by atoms with Crippen LogP contribution in [0.5, 0.6) is 0 Å². The lowest BCUT2D eigenvalue weighted by Crippen LogP contribution is -2.36. The number of hydrogen-bond acceptors (Lipinski definition) is 3. The van der Waals surface area contributed by atoms with Crippen molar-refractivity contribution < 1.29 is 9.59 Å². The number of rotatable bonds is 4. The van der Waals surface area contributed by atoms with Crippen LogP contribution in [0.15, 0.2) is 36.4 Å². The number of ketones is 1. The molecule has 0 unspecified atom stereocenters. The normalized spacial score (nSPS) is 13.8. The van der Waals surface area contributed by atoms with Gasteiger partial charge >= 0.3 is 0 Å². The second-order valence-electron chi connectivity index (χ2n) is 5.67. The Labute approximate surface area is 134 Å². The molecule has 0 radical (unpaired) electrons. The molecule has 114 valence electrons. The molecule has 0 bridgehead atoms. The largest absolute Gasteiger partial charge is 0.338 e. The molecule has 1 aliphatic heterocycles. The van der Waals surface area contributed by atoms with Crippen molar-refractivity contribution in [1.82, 2.24) is 4.90 Å². The number of aryl methyl sites for hydroxylation is 1. The van der Waals surface area contributed by atoms with E-state index >= 15 is 0 Å². The van der Waals surface area contributed by atoms with Crippen molar-refractivity contribution in [2.75, 3.05) is 6.54 Å². The van der Waals surface area contributed by atoms with Gasteiger partial charge in [0.05, 0.1) is 4.88 Å². The van der Waals surface area contributed by atoms with E-state index < -0.39 is 0 Å². The Hall–Kier alpha value is -1.94. The fourth-order valence-corrected chi connectivity index (χ4v) is 3.63. The van der Waals surface area contributed by atoms with Crippen LogP contribution in [0.1, 0.15) is 38.5 Å². The Balaban J connectivity index is 1.56. The van der Waals surface area contributed by atoms with Gasteiger partial charge in [-0.1, -0.05) is 24.3 Å². The van der Waals surface area contributed by atoms with Crippen molar-refractivity contribution in [3.05, 3.63) is 57.3 Å². The summed E-state index contributed by atoms with van der Waals surface area (Å²) in [5, 5.41) is 0. The summed E-state index contributed by atoms with van der Waals surface area (Å²) in [6, 6.07) is 12.0. The monoisotopic (exact) mass is 313 g/mol. The molecule has 0 aliphatic carbocycles. The van der Waals surface area contributed by atoms with Crippen LogP contribution < -0.4 is 0 Å². The zero-order valence-electron chi connectivity index (χ0n) is 12.7. The molecule has 0 saturated heterocycles. The van der Waals surface area contributed by atoms with Crippen LogP contribution in [0.4, 0.5) is 0 Å². The smallest absolute Gasteiger partial charge is 0.223 e. The van der Waals surface area contributed by atoms with Gasteiger partial charge in [-0.3, -0.25) is 9.59 Å². The molecule has 0 saturated carbocycles. The van der Waals surface area contributed by atoms with Gasteiger partial charge < -0.3 is 4.90 Å². The first kappa shape index (κ1) is 15.0. The van der Waals surface area contributed by atoms with E-state index in [0.717, 1.165) is 22.7 Å². The van der Waals surface area contributed by atoms with Gasteiger partial charge in [0.1, 0.15) is 0 Å². The standard InChI is InChI=1S/C18H19NO2S/c1-13-6-8-17(22-13)16(20)7-9-18(21)19-11-10-14-4-2-3-5-15(14)12-19/h2-6,8H,7,9-12H2,1H3. The Bertz CT molecular complexity index is 705. The quantitative estimate of drug-likeness (QED) is 0.809. The van der Waals surface area contributed by atoms with E-state index in [9.17, 15) is 9.59 Å². The third-order valence-electron chi connectivity index (χ3n) is 4.06. The molecule has 0 atom stereocenters. The van der Waals surface area contributed by atoms with Gasteiger partial charge in [-0.15, -0.1) is 11.3 Å². The van der Waals surface area contributed by atoms with E-state index in [0.29, 0.717) is 19.4 Å². The van der Waals surface area contributed by atoms with Crippen LogP contribution in [0.25, 0.3) is 0 Å². The molecule has 0 fully saturated rings. The van der Waals surface area contributed by atoms with Gasteiger partial charge in [0.2, 0.25) is 5.91 Å². The number of amides is 1. The molecule has 0 spiro atoms. The van der Waals surface area contributed by atoms with Crippen molar-refractivity contribution in [2.24, 2.45) is 0 Å². The minimum atomic E-state index is 0.0730. The Morgan fingerprint density at radius 2 is 1.86 bits per heavy atom. The fourth-order valence-electron chi connectivity index (χ4n) is 2.79. The van der Waals surface area contributed by atoms with Crippen LogP contribution in [0.3, 0.4) is 0 Å². The molecule has 22 heavy (non-hydrogen) atoms. The number of carbonyl (C=O) groups is 2. The maximum atomic E-state index is 12.3. The van der Waals surface area contributed by atoms with E-state index in [1.54, 1.807) is 0 Å². The minimum Gasteiger partial charge on any atom is -0.338 e. The summed E-state index contributed by atoms with van der Waals surface area (Å²) in [5.74, 6) is 0.153. The minimum absolute atomic E-state index is 0.0730. The van der Waals surface area contributed by atoms with E-state index in [2.05, 4.69) is 12.1 Å². The highest BCUT2D eigenvalue weighted by Crippen LogP contribution is 2.21. The Morgan fingerprint density at radius 1 is 1.09 bits per heavy atom. The second-order valence-corrected chi connectivity index (χ2v) is 6.96. The average molecular weight is 313 g/mol. The van der Waals surface area contributed by atoms with Crippen molar-refractivity contribution in [1.29, 1.82) is 0 Å². The van der Waals surface area contributed by atoms with Gasteiger partial charge in [0.25, 0.3) is 0 Å². The topological polar surface area (TPSA) is 37.4 Å². The van der Waals surface area contributed by atoms with Gasteiger partial charge in [-0.05, 0) is 36.6 Å². The van der Waals surface area contributed by atoms with Gasteiger partial charge in [0, 0.05) is 30.8 Å². The average Bonchev–Trinajstić information content (AvgIpc) is 2.98. The third-order valence-corrected chi connectivity index (χ3v) is 5.11. The van der Waals surface area contributed by atoms with Crippen LogP contribution in [-0.4, -0.2) is 23.1 Å². The molecule has 4 heteroatoms. The highest BCUT2D eigenvalue weighted by atomic mass is 32.1. The molecule has 1 aromatic carbocycles. The highest BCUT2D eigenvalue weighted by molar-refractivity contribution is 7.14. The molecule has 3 rings (SSSR count). The first-order valence-corrected chi connectivity index (χ1v) is 8.39. The van der Waals surface area contributed by atoms with Crippen LogP contribution in [0.2, 0.25) is 0 Å². The number of benzene rings is 1. The summed E-state index contributed by atoms with van der Waals surface area (Å²) in [7, 11) is 0. The van der Waals surface area contributed by atoms with E-state index in [1.807, 2.05) is 36.1 Å². The first-order valence-electron chi connectivity index (χ1n) is 7.57.